The van der Waals surface area contributed by atoms with Crippen molar-refractivity contribution >= 4 is 0 Å². The maximum Gasteiger partial charge on any atom is 0.398 e. The number of aryl methyl sites for hydroxylation is 2. The Morgan fingerprint density at radius 2 is 2.15 bits per heavy atom. The zero-order chi connectivity index (χ0) is 9.47. The molecule has 1 heterocycles. The van der Waals surface area contributed by atoms with Gasteiger partial charge in [0.15, 0.2) is 0 Å². The van der Waals surface area contributed by atoms with Crippen LogP contribution in [0.1, 0.15) is 17.5 Å². The van der Waals surface area contributed by atoms with Gasteiger partial charge in [-0.1, -0.05) is 12.1 Å². The fraction of sp³-hybridized carbons (Fsp3) is 0.400. The Morgan fingerprint density at radius 3 is 2.92 bits per heavy atom. The molecular weight excluding hydrogens is 174 g/mol. The van der Waals surface area contributed by atoms with Gasteiger partial charge in [0.05, 0.1) is 6.42 Å². The summed E-state index contributed by atoms with van der Waals surface area (Å²) < 4.78 is 30.2. The molecule has 70 valence electrons. The molecule has 0 radical (unpaired) electrons. The molecule has 0 spiro atoms. The summed E-state index contributed by atoms with van der Waals surface area (Å²) in [6, 6.07) is 5.41. The van der Waals surface area contributed by atoms with Gasteiger partial charge in [-0.3, -0.25) is 0 Å². The Balaban J connectivity index is 2.38. The molecule has 3 heteroatoms. The lowest BCUT2D eigenvalue weighted by molar-refractivity contribution is -0.187. The molecule has 1 aliphatic rings. The van der Waals surface area contributed by atoms with E-state index in [4.69, 9.17) is 0 Å². The van der Waals surface area contributed by atoms with E-state index in [0.717, 1.165) is 11.1 Å². The molecule has 13 heavy (non-hydrogen) atoms. The first-order valence-electron chi connectivity index (χ1n) is 4.23. The van der Waals surface area contributed by atoms with Crippen molar-refractivity contribution in [2.45, 2.75) is 25.9 Å². The standard InChI is InChI=1S/C10H10F2O/c1-7-2-3-8-4-5-10(11,12)13-9(8)6-7/h2-3,6H,4-5H2,1H3. The van der Waals surface area contributed by atoms with Crippen molar-refractivity contribution in [1.29, 1.82) is 0 Å². The van der Waals surface area contributed by atoms with Crippen LogP contribution in [0, 0.1) is 6.92 Å². The van der Waals surface area contributed by atoms with Gasteiger partial charge in [-0.05, 0) is 30.5 Å². The second-order valence-electron chi connectivity index (χ2n) is 3.35. The number of rotatable bonds is 0. The third-order valence-corrected chi connectivity index (χ3v) is 2.17. The lowest BCUT2D eigenvalue weighted by Gasteiger charge is -2.25. The van der Waals surface area contributed by atoms with Crippen LogP contribution in [0.5, 0.6) is 5.75 Å². The van der Waals surface area contributed by atoms with Crippen LogP contribution in [0.3, 0.4) is 0 Å². The molecule has 0 N–H and O–H groups in total. The molecule has 0 atom stereocenters. The number of ether oxygens (including phenoxy) is 1. The molecule has 0 fully saturated rings. The molecule has 1 nitrogen and oxygen atoms in total. The molecule has 0 aliphatic carbocycles. The highest BCUT2D eigenvalue weighted by Crippen LogP contribution is 2.35. The minimum atomic E-state index is -2.99. The summed E-state index contributed by atoms with van der Waals surface area (Å²) >= 11 is 0. The largest absolute Gasteiger partial charge is 0.432 e. The van der Waals surface area contributed by atoms with Gasteiger partial charge >= 0.3 is 6.11 Å². The molecule has 2 rings (SSSR count). The minimum absolute atomic E-state index is 0.219. The zero-order valence-corrected chi connectivity index (χ0v) is 7.31. The van der Waals surface area contributed by atoms with Crippen molar-refractivity contribution in [2.75, 3.05) is 0 Å². The summed E-state index contributed by atoms with van der Waals surface area (Å²) in [5, 5.41) is 0. The van der Waals surface area contributed by atoms with Gasteiger partial charge in [-0.15, -0.1) is 0 Å². The first-order chi connectivity index (χ1) is 6.07. The van der Waals surface area contributed by atoms with Crippen molar-refractivity contribution in [3.63, 3.8) is 0 Å². The predicted octanol–water partition coefficient (Wildman–Crippen LogP) is 2.91. The number of hydrogen-bond acceptors (Lipinski definition) is 1. The highest BCUT2D eigenvalue weighted by Gasteiger charge is 2.35. The van der Waals surface area contributed by atoms with E-state index in [0.29, 0.717) is 12.2 Å². The molecule has 1 aromatic carbocycles. The fourth-order valence-electron chi connectivity index (χ4n) is 1.46. The van der Waals surface area contributed by atoms with Gasteiger partial charge < -0.3 is 4.74 Å². The van der Waals surface area contributed by atoms with Crippen LogP contribution in [0.15, 0.2) is 18.2 Å². The summed E-state index contributed by atoms with van der Waals surface area (Å²) in [6.45, 7) is 1.86. The quantitative estimate of drug-likeness (QED) is 0.602. The second-order valence-corrected chi connectivity index (χ2v) is 3.35. The molecule has 0 aromatic heterocycles. The molecule has 0 saturated heterocycles. The van der Waals surface area contributed by atoms with E-state index in [1.54, 1.807) is 6.07 Å². The van der Waals surface area contributed by atoms with Crippen molar-refractivity contribution < 1.29 is 13.5 Å². The molecule has 1 aromatic rings. The van der Waals surface area contributed by atoms with Gasteiger partial charge in [0.25, 0.3) is 0 Å². The highest BCUT2D eigenvalue weighted by atomic mass is 19.3. The normalized spacial score (nSPS) is 19.0. The van der Waals surface area contributed by atoms with Gasteiger partial charge in [0.2, 0.25) is 0 Å². The Labute approximate surface area is 75.3 Å². The SMILES string of the molecule is Cc1ccc2c(c1)OC(F)(F)CC2. The van der Waals surface area contributed by atoms with E-state index in [1.165, 1.54) is 0 Å². The number of alkyl halides is 2. The third kappa shape index (κ3) is 1.64. The fourth-order valence-corrected chi connectivity index (χ4v) is 1.46. The Morgan fingerprint density at radius 1 is 1.38 bits per heavy atom. The average Bonchev–Trinajstić information content (AvgIpc) is 2.01. The predicted molar refractivity (Wildman–Crippen MR) is 45.1 cm³/mol. The van der Waals surface area contributed by atoms with Crippen molar-refractivity contribution in [1.82, 2.24) is 0 Å². The smallest absolute Gasteiger partial charge is 0.398 e. The topological polar surface area (TPSA) is 9.23 Å². The minimum Gasteiger partial charge on any atom is -0.432 e. The Bertz CT molecular complexity index is 334. The van der Waals surface area contributed by atoms with E-state index in [2.05, 4.69) is 4.74 Å². The zero-order valence-electron chi connectivity index (χ0n) is 7.31. The van der Waals surface area contributed by atoms with E-state index in [-0.39, 0.29) is 6.42 Å². The first-order valence-corrected chi connectivity index (χ1v) is 4.23. The van der Waals surface area contributed by atoms with Crippen LogP contribution in [-0.2, 0) is 6.42 Å². The molecule has 0 unspecified atom stereocenters. The van der Waals surface area contributed by atoms with E-state index >= 15 is 0 Å². The molecule has 1 aliphatic heterocycles. The van der Waals surface area contributed by atoms with Crippen LogP contribution >= 0.6 is 0 Å². The Kier molecular flexibility index (Phi) is 1.75. The lowest BCUT2D eigenvalue weighted by atomic mass is 10.0. The summed E-state index contributed by atoms with van der Waals surface area (Å²) in [5.41, 5.74) is 1.81. The monoisotopic (exact) mass is 184 g/mol. The van der Waals surface area contributed by atoms with Gasteiger partial charge in [-0.25, -0.2) is 0 Å². The van der Waals surface area contributed by atoms with Crippen LogP contribution in [0.25, 0.3) is 0 Å². The lowest BCUT2D eigenvalue weighted by Crippen LogP contribution is -2.29. The molecule has 0 saturated carbocycles. The third-order valence-electron chi connectivity index (χ3n) is 2.17. The average molecular weight is 184 g/mol. The van der Waals surface area contributed by atoms with Crippen LogP contribution in [-0.4, -0.2) is 6.11 Å². The van der Waals surface area contributed by atoms with Crippen LogP contribution in [0.4, 0.5) is 8.78 Å². The summed E-state index contributed by atoms with van der Waals surface area (Å²) in [4.78, 5) is 0. The summed E-state index contributed by atoms with van der Waals surface area (Å²) in [5.74, 6) is 0.330. The maximum atomic E-state index is 12.8. The van der Waals surface area contributed by atoms with E-state index < -0.39 is 6.11 Å². The number of hydrogen-bond donors (Lipinski definition) is 0. The molecule has 0 bridgehead atoms. The van der Waals surface area contributed by atoms with Crippen molar-refractivity contribution in [3.8, 4) is 5.75 Å². The number of halogens is 2. The van der Waals surface area contributed by atoms with E-state index in [1.807, 2.05) is 19.1 Å². The number of benzene rings is 1. The first kappa shape index (κ1) is 8.48. The van der Waals surface area contributed by atoms with Crippen molar-refractivity contribution in [2.24, 2.45) is 0 Å². The van der Waals surface area contributed by atoms with Crippen LogP contribution < -0.4 is 4.74 Å². The molecule has 0 amide bonds. The summed E-state index contributed by atoms with van der Waals surface area (Å²) in [7, 11) is 0. The highest BCUT2D eigenvalue weighted by molar-refractivity contribution is 5.38. The number of fused-ring (bicyclic) bond motifs is 1. The van der Waals surface area contributed by atoms with Crippen molar-refractivity contribution in [3.05, 3.63) is 29.3 Å². The van der Waals surface area contributed by atoms with E-state index in [9.17, 15) is 8.78 Å². The van der Waals surface area contributed by atoms with Gasteiger partial charge in [0, 0.05) is 0 Å². The maximum absolute atomic E-state index is 12.8. The summed E-state index contributed by atoms with van der Waals surface area (Å²) in [6.07, 6.45) is -2.81. The Hall–Kier alpha value is -1.12. The second kappa shape index (κ2) is 2.69. The van der Waals surface area contributed by atoms with Gasteiger partial charge in [-0.2, -0.15) is 8.78 Å². The van der Waals surface area contributed by atoms with Crippen LogP contribution in [0.2, 0.25) is 0 Å². The van der Waals surface area contributed by atoms with Gasteiger partial charge in [0.1, 0.15) is 5.75 Å². The molecular formula is C10H10F2O.